The maximum absolute atomic E-state index is 4.36. The number of hydrogen-bond donors (Lipinski definition) is 0. The van der Waals surface area contributed by atoms with Gasteiger partial charge in [-0.2, -0.15) is 0 Å². The second-order valence-corrected chi connectivity index (χ2v) is 4.21. The van der Waals surface area contributed by atoms with Crippen LogP contribution in [0.1, 0.15) is 19.4 Å². The third kappa shape index (κ3) is 2.60. The van der Waals surface area contributed by atoms with E-state index in [1.807, 2.05) is 36.7 Å². The fourth-order valence-corrected chi connectivity index (χ4v) is 1.78. The summed E-state index contributed by atoms with van der Waals surface area (Å²) < 4.78 is 4.17. The predicted molar refractivity (Wildman–Crippen MR) is 70.4 cm³/mol. The second kappa shape index (κ2) is 5.52. The molecule has 94 valence electrons. The van der Waals surface area contributed by atoms with Crippen LogP contribution in [0.4, 0.5) is 5.69 Å². The molecule has 1 heterocycles. The van der Waals surface area contributed by atoms with E-state index in [1.54, 1.807) is 0 Å². The lowest BCUT2D eigenvalue weighted by Crippen LogP contribution is -2.26. The average molecular weight is 243 g/mol. The van der Waals surface area contributed by atoms with Crippen LogP contribution in [-0.2, 0) is 13.1 Å². The van der Waals surface area contributed by atoms with Crippen molar-refractivity contribution >= 4 is 5.69 Å². The van der Waals surface area contributed by atoms with Crippen molar-refractivity contribution in [3.63, 3.8) is 0 Å². The van der Waals surface area contributed by atoms with Crippen LogP contribution in [0.15, 0.2) is 41.8 Å². The Morgan fingerprint density at radius 2 is 1.56 bits per heavy atom. The summed E-state index contributed by atoms with van der Waals surface area (Å²) in [6, 6.07) is 8.05. The largest absolute Gasteiger partial charge is 0.478 e. The van der Waals surface area contributed by atoms with Gasteiger partial charge in [0.1, 0.15) is 5.69 Å². The van der Waals surface area contributed by atoms with E-state index in [0.717, 1.165) is 24.4 Å². The summed E-state index contributed by atoms with van der Waals surface area (Å²) in [4.78, 5) is 4.36. The topological polar surface area (TPSA) is 36.3 Å². The Balaban J connectivity index is 2.49. The molecule has 4 nitrogen and oxygen atoms in total. The average Bonchev–Trinajstić information content (AvgIpc) is 2.80. The van der Waals surface area contributed by atoms with Gasteiger partial charge in [0.05, 0.1) is 25.5 Å². The molecule has 2 rings (SSSR count). The van der Waals surface area contributed by atoms with Crippen LogP contribution in [0, 0.1) is 6.92 Å². The van der Waals surface area contributed by atoms with Crippen molar-refractivity contribution in [2.24, 2.45) is 5.11 Å². The lowest BCUT2D eigenvalue weighted by molar-refractivity contribution is -0.152. The lowest BCUT2D eigenvalue weighted by atomic mass is 10.2. The van der Waals surface area contributed by atoms with Crippen molar-refractivity contribution in [1.29, 1.82) is 0 Å². The number of nitrogens with zero attached hydrogens (tertiary/aromatic N) is 4. The molecule has 1 aromatic heterocycles. The Morgan fingerprint density at radius 3 is 2.06 bits per heavy atom. The third-order valence-corrected chi connectivity index (χ3v) is 2.91. The molecule has 2 aromatic rings. The number of aryl methyl sites for hydroxylation is 3. The highest BCUT2D eigenvalue weighted by Crippen LogP contribution is 2.10. The van der Waals surface area contributed by atoms with E-state index in [9.17, 15) is 0 Å². The van der Waals surface area contributed by atoms with E-state index in [4.69, 9.17) is 0 Å². The molecule has 0 fully saturated rings. The van der Waals surface area contributed by atoms with Gasteiger partial charge in [-0.3, -0.25) is 0 Å². The fourth-order valence-electron chi connectivity index (χ4n) is 1.78. The van der Waals surface area contributed by atoms with E-state index < -0.39 is 0 Å². The molecular weight excluding hydrogens is 224 g/mol. The summed E-state index contributed by atoms with van der Waals surface area (Å²) in [7, 11) is 0. The molecule has 0 bridgehead atoms. The first-order valence-corrected chi connectivity index (χ1v) is 6.31. The maximum Gasteiger partial charge on any atom is 0.478 e. The van der Waals surface area contributed by atoms with Gasteiger partial charge in [0.25, 0.3) is 0 Å². The Morgan fingerprint density at radius 1 is 1.00 bits per heavy atom. The second-order valence-electron chi connectivity index (χ2n) is 4.21. The van der Waals surface area contributed by atoms with Crippen LogP contribution in [0.5, 0.6) is 0 Å². The summed E-state index contributed by atoms with van der Waals surface area (Å²) in [6.45, 7) is 8.06. The molecule has 0 saturated heterocycles. The molecule has 0 N–H and O–H groups in total. The quantitative estimate of drug-likeness (QED) is 0.587. The highest BCUT2D eigenvalue weighted by atomic mass is 15.2. The van der Waals surface area contributed by atoms with Gasteiger partial charge < -0.3 is 0 Å². The Hall–Kier alpha value is -2.06. The van der Waals surface area contributed by atoms with Crippen LogP contribution < -0.4 is 5.62 Å². The highest BCUT2D eigenvalue weighted by molar-refractivity contribution is 5.36. The molecule has 0 atom stereocenters. The molecule has 0 aliphatic heterocycles. The van der Waals surface area contributed by atoms with Gasteiger partial charge >= 0.3 is 5.62 Å². The minimum atomic E-state index is 0.882. The summed E-state index contributed by atoms with van der Waals surface area (Å²) in [5, 5.41) is 4.29. The first-order valence-electron chi connectivity index (χ1n) is 6.31. The van der Waals surface area contributed by atoms with E-state index in [1.165, 1.54) is 5.56 Å². The van der Waals surface area contributed by atoms with Crippen molar-refractivity contribution in [2.75, 3.05) is 0 Å². The summed E-state index contributed by atoms with van der Waals surface area (Å²) in [5.41, 5.74) is 3.00. The predicted octanol–water partition coefficient (Wildman–Crippen LogP) is 2.53. The minimum Gasteiger partial charge on any atom is -0.220 e. The number of hydrogen-bond acceptors (Lipinski definition) is 1. The van der Waals surface area contributed by atoms with Crippen molar-refractivity contribution in [3.05, 3.63) is 47.8 Å². The first kappa shape index (κ1) is 12.4. The molecule has 0 amide bonds. The van der Waals surface area contributed by atoms with E-state index >= 15 is 0 Å². The van der Waals surface area contributed by atoms with Crippen LogP contribution in [0.25, 0.3) is 0 Å². The molecule has 0 saturated carbocycles. The maximum atomic E-state index is 4.36. The standard InChI is InChI=1S/C14H19N4/c1-4-17-10-11-18(5-2)14(17)16-15-13-8-6-12(3)7-9-13/h6-11H,4-5H2,1-3H3/q+1. The van der Waals surface area contributed by atoms with E-state index in [0.29, 0.717) is 0 Å². The highest BCUT2D eigenvalue weighted by Gasteiger charge is 2.07. The Kier molecular flexibility index (Phi) is 3.80. The summed E-state index contributed by atoms with van der Waals surface area (Å²) in [6.07, 6.45) is 4.07. The SMILES string of the molecule is CCn1ccn(CC)c1=[N+]=Nc1ccc(C)cc1. The van der Waals surface area contributed by atoms with Gasteiger partial charge in [-0.1, -0.05) is 17.7 Å². The van der Waals surface area contributed by atoms with Crippen LogP contribution in [0.3, 0.4) is 0 Å². The number of rotatable bonds is 3. The van der Waals surface area contributed by atoms with E-state index in [2.05, 4.69) is 39.8 Å². The Labute approximate surface area is 107 Å². The van der Waals surface area contributed by atoms with Gasteiger partial charge in [-0.05, 0) is 38.0 Å². The molecule has 0 radical (unpaired) electrons. The molecule has 0 spiro atoms. The van der Waals surface area contributed by atoms with Crippen LogP contribution in [-0.4, -0.2) is 13.9 Å². The molecule has 1 aromatic carbocycles. The number of benzene rings is 1. The van der Waals surface area contributed by atoms with Gasteiger partial charge in [-0.25, -0.2) is 9.13 Å². The molecule has 0 aliphatic carbocycles. The molecular formula is C14H19N4+. The van der Waals surface area contributed by atoms with Gasteiger partial charge in [0.2, 0.25) is 0 Å². The van der Waals surface area contributed by atoms with Crippen LogP contribution >= 0.6 is 0 Å². The monoisotopic (exact) mass is 243 g/mol. The van der Waals surface area contributed by atoms with Crippen LogP contribution in [0.2, 0.25) is 0 Å². The number of aromatic nitrogens is 2. The minimum absolute atomic E-state index is 0.882. The summed E-state index contributed by atoms with van der Waals surface area (Å²) >= 11 is 0. The Bertz CT molecular complexity index is 585. The van der Waals surface area contributed by atoms with Crippen molar-refractivity contribution in [3.8, 4) is 0 Å². The van der Waals surface area contributed by atoms with Gasteiger partial charge in [-0.15, -0.1) is 4.79 Å². The third-order valence-electron chi connectivity index (χ3n) is 2.91. The lowest BCUT2D eigenvalue weighted by Gasteiger charge is -1.90. The summed E-state index contributed by atoms with van der Waals surface area (Å²) in [5.74, 6) is 0. The van der Waals surface area contributed by atoms with E-state index in [-0.39, 0.29) is 0 Å². The normalized spacial score (nSPS) is 10.2. The molecule has 4 heteroatoms. The van der Waals surface area contributed by atoms with Crippen molar-refractivity contribution < 1.29 is 4.79 Å². The molecule has 18 heavy (non-hydrogen) atoms. The van der Waals surface area contributed by atoms with Crippen molar-refractivity contribution in [1.82, 2.24) is 9.13 Å². The fraction of sp³-hybridized carbons (Fsp3) is 0.357. The zero-order chi connectivity index (χ0) is 13.0. The molecule has 0 unspecified atom stereocenters. The van der Waals surface area contributed by atoms with Gasteiger partial charge in [0.15, 0.2) is 0 Å². The zero-order valence-corrected chi connectivity index (χ0v) is 11.2. The molecule has 0 aliphatic rings. The van der Waals surface area contributed by atoms with Gasteiger partial charge in [0, 0.05) is 0 Å². The number of imidazole rings is 1. The van der Waals surface area contributed by atoms with Crippen molar-refractivity contribution in [2.45, 2.75) is 33.9 Å². The first-order chi connectivity index (χ1) is 8.74. The zero-order valence-electron chi connectivity index (χ0n) is 11.2. The smallest absolute Gasteiger partial charge is 0.220 e.